The number of alkyl halides is 1. The zero-order valence-electron chi connectivity index (χ0n) is 9.77. The quantitative estimate of drug-likeness (QED) is 0.722. The van der Waals surface area contributed by atoms with Crippen LogP contribution in [0.2, 0.25) is 0 Å². The highest BCUT2D eigenvalue weighted by molar-refractivity contribution is 9.09. The fourth-order valence-corrected chi connectivity index (χ4v) is 1.95. The molecule has 2 aromatic rings. The largest absolute Gasteiger partial charge is 0.457 e. The molecule has 0 aliphatic carbocycles. The van der Waals surface area contributed by atoms with Crippen molar-refractivity contribution in [1.82, 2.24) is 0 Å². The Morgan fingerprint density at radius 2 is 1.53 bits per heavy atom. The van der Waals surface area contributed by atoms with E-state index in [0.29, 0.717) is 5.92 Å². The van der Waals surface area contributed by atoms with Crippen LogP contribution >= 0.6 is 15.9 Å². The zero-order valence-corrected chi connectivity index (χ0v) is 11.4. The smallest absolute Gasteiger partial charge is 0.127 e. The Hall–Kier alpha value is -1.28. The normalized spacial score (nSPS) is 12.1. The number of hydrogen-bond donors (Lipinski definition) is 0. The molecule has 0 saturated heterocycles. The predicted molar refractivity (Wildman–Crippen MR) is 75.2 cm³/mol. The van der Waals surface area contributed by atoms with Gasteiger partial charge in [0, 0.05) is 5.33 Å². The van der Waals surface area contributed by atoms with Gasteiger partial charge in [-0.2, -0.15) is 0 Å². The van der Waals surface area contributed by atoms with E-state index in [1.165, 1.54) is 5.56 Å². The van der Waals surface area contributed by atoms with E-state index in [1.54, 1.807) is 0 Å². The van der Waals surface area contributed by atoms with Gasteiger partial charge in [0.15, 0.2) is 0 Å². The first-order chi connectivity index (χ1) is 8.29. The standard InChI is InChI=1S/C15H15BrO/c1-12(11-16)13-7-9-15(10-8-13)17-14-5-3-2-4-6-14/h2-10,12H,11H2,1H3. The third-order valence-corrected chi connectivity index (χ3v) is 3.63. The minimum Gasteiger partial charge on any atom is -0.457 e. The average molecular weight is 291 g/mol. The van der Waals surface area contributed by atoms with E-state index in [4.69, 9.17) is 4.74 Å². The summed E-state index contributed by atoms with van der Waals surface area (Å²) in [5.74, 6) is 2.27. The van der Waals surface area contributed by atoms with Gasteiger partial charge < -0.3 is 4.74 Å². The van der Waals surface area contributed by atoms with Gasteiger partial charge in [-0.3, -0.25) is 0 Å². The van der Waals surface area contributed by atoms with Crippen LogP contribution in [0.3, 0.4) is 0 Å². The SMILES string of the molecule is CC(CBr)c1ccc(Oc2ccccc2)cc1. The summed E-state index contributed by atoms with van der Waals surface area (Å²) in [6, 6.07) is 18.1. The third kappa shape index (κ3) is 3.34. The first-order valence-corrected chi connectivity index (χ1v) is 6.80. The topological polar surface area (TPSA) is 9.23 Å². The lowest BCUT2D eigenvalue weighted by atomic mass is 10.0. The van der Waals surface area contributed by atoms with Crippen molar-refractivity contribution >= 4 is 15.9 Å². The Kier molecular flexibility index (Phi) is 4.21. The van der Waals surface area contributed by atoms with Gasteiger partial charge in [-0.15, -0.1) is 0 Å². The summed E-state index contributed by atoms with van der Waals surface area (Å²) < 4.78 is 5.73. The monoisotopic (exact) mass is 290 g/mol. The van der Waals surface area contributed by atoms with Gasteiger partial charge in [-0.05, 0) is 35.7 Å². The molecule has 1 atom stereocenters. The fraction of sp³-hybridized carbons (Fsp3) is 0.200. The molecule has 0 spiro atoms. The van der Waals surface area contributed by atoms with Crippen molar-refractivity contribution in [1.29, 1.82) is 0 Å². The van der Waals surface area contributed by atoms with Crippen LogP contribution in [0.25, 0.3) is 0 Å². The number of ether oxygens (including phenoxy) is 1. The summed E-state index contributed by atoms with van der Waals surface area (Å²) in [6.07, 6.45) is 0. The van der Waals surface area contributed by atoms with Crippen molar-refractivity contribution in [2.45, 2.75) is 12.8 Å². The molecule has 0 N–H and O–H groups in total. The molecule has 88 valence electrons. The van der Waals surface area contributed by atoms with Crippen LogP contribution in [0, 0.1) is 0 Å². The van der Waals surface area contributed by atoms with E-state index in [2.05, 4.69) is 35.0 Å². The second-order valence-corrected chi connectivity index (χ2v) is 4.69. The molecule has 0 amide bonds. The minimum atomic E-state index is 0.528. The summed E-state index contributed by atoms with van der Waals surface area (Å²) in [5, 5.41) is 0.978. The second kappa shape index (κ2) is 5.87. The second-order valence-electron chi connectivity index (χ2n) is 4.04. The average Bonchev–Trinajstić information content (AvgIpc) is 2.40. The summed E-state index contributed by atoms with van der Waals surface area (Å²) >= 11 is 3.49. The molecule has 0 aromatic heterocycles. The van der Waals surface area contributed by atoms with Gasteiger partial charge in [0.25, 0.3) is 0 Å². The first-order valence-electron chi connectivity index (χ1n) is 5.68. The van der Waals surface area contributed by atoms with Crippen LogP contribution in [-0.2, 0) is 0 Å². The summed E-state index contributed by atoms with van der Waals surface area (Å²) in [5.41, 5.74) is 1.32. The van der Waals surface area contributed by atoms with E-state index >= 15 is 0 Å². The molecule has 2 heteroatoms. The number of rotatable bonds is 4. The van der Waals surface area contributed by atoms with Crippen molar-refractivity contribution < 1.29 is 4.74 Å². The number of benzene rings is 2. The number of halogens is 1. The van der Waals surface area contributed by atoms with Gasteiger partial charge in [0.05, 0.1) is 0 Å². The maximum Gasteiger partial charge on any atom is 0.127 e. The summed E-state index contributed by atoms with van der Waals surface area (Å²) in [4.78, 5) is 0. The van der Waals surface area contributed by atoms with E-state index < -0.39 is 0 Å². The molecule has 0 radical (unpaired) electrons. The predicted octanol–water partition coefficient (Wildman–Crippen LogP) is 4.98. The molecule has 2 rings (SSSR count). The Morgan fingerprint density at radius 1 is 0.941 bits per heavy atom. The molecule has 1 unspecified atom stereocenters. The highest BCUT2D eigenvalue weighted by atomic mass is 79.9. The van der Waals surface area contributed by atoms with Crippen molar-refractivity contribution in [3.63, 3.8) is 0 Å². The lowest BCUT2D eigenvalue weighted by molar-refractivity contribution is 0.482. The summed E-state index contributed by atoms with van der Waals surface area (Å²) in [7, 11) is 0. The van der Waals surface area contributed by atoms with Gasteiger partial charge in [0.1, 0.15) is 11.5 Å². The summed E-state index contributed by atoms with van der Waals surface area (Å²) in [6.45, 7) is 2.20. The molecular formula is C15H15BrO. The van der Waals surface area contributed by atoms with Crippen molar-refractivity contribution in [3.05, 3.63) is 60.2 Å². The number of hydrogen-bond acceptors (Lipinski definition) is 1. The maximum absolute atomic E-state index is 5.73. The molecular weight excluding hydrogens is 276 g/mol. The fourth-order valence-electron chi connectivity index (χ4n) is 1.58. The molecule has 0 aliphatic rings. The van der Waals surface area contributed by atoms with Gasteiger partial charge in [-0.1, -0.05) is 53.2 Å². The van der Waals surface area contributed by atoms with E-state index in [9.17, 15) is 0 Å². The zero-order chi connectivity index (χ0) is 12.1. The lowest BCUT2D eigenvalue weighted by Crippen LogP contribution is -1.93. The third-order valence-electron chi connectivity index (χ3n) is 2.66. The van der Waals surface area contributed by atoms with Crippen molar-refractivity contribution in [2.75, 3.05) is 5.33 Å². The van der Waals surface area contributed by atoms with Crippen LogP contribution in [0.5, 0.6) is 11.5 Å². The molecule has 17 heavy (non-hydrogen) atoms. The molecule has 0 heterocycles. The van der Waals surface area contributed by atoms with Crippen LogP contribution in [0.1, 0.15) is 18.4 Å². The molecule has 2 aromatic carbocycles. The minimum absolute atomic E-state index is 0.528. The van der Waals surface area contributed by atoms with Crippen LogP contribution < -0.4 is 4.74 Å². The Labute approximate surface area is 111 Å². The lowest BCUT2D eigenvalue weighted by Gasteiger charge is -2.09. The number of para-hydroxylation sites is 1. The Morgan fingerprint density at radius 3 is 2.12 bits per heavy atom. The van der Waals surface area contributed by atoms with E-state index in [1.807, 2.05) is 42.5 Å². The van der Waals surface area contributed by atoms with Crippen molar-refractivity contribution in [2.24, 2.45) is 0 Å². The molecule has 0 saturated carbocycles. The molecule has 0 fully saturated rings. The van der Waals surface area contributed by atoms with E-state index in [0.717, 1.165) is 16.8 Å². The highest BCUT2D eigenvalue weighted by Crippen LogP contribution is 2.24. The van der Waals surface area contributed by atoms with Crippen LogP contribution in [0.15, 0.2) is 54.6 Å². The van der Waals surface area contributed by atoms with Gasteiger partial charge in [-0.25, -0.2) is 0 Å². The Balaban J connectivity index is 2.08. The molecule has 0 bridgehead atoms. The maximum atomic E-state index is 5.73. The van der Waals surface area contributed by atoms with Crippen LogP contribution in [0.4, 0.5) is 0 Å². The first kappa shape index (κ1) is 12.2. The van der Waals surface area contributed by atoms with Crippen molar-refractivity contribution in [3.8, 4) is 11.5 Å². The van der Waals surface area contributed by atoms with E-state index in [-0.39, 0.29) is 0 Å². The van der Waals surface area contributed by atoms with Gasteiger partial charge in [0.2, 0.25) is 0 Å². The Bertz CT molecular complexity index is 450. The van der Waals surface area contributed by atoms with Crippen LogP contribution in [-0.4, -0.2) is 5.33 Å². The molecule has 0 aliphatic heterocycles. The highest BCUT2D eigenvalue weighted by Gasteiger charge is 2.03. The van der Waals surface area contributed by atoms with Gasteiger partial charge >= 0.3 is 0 Å². The molecule has 1 nitrogen and oxygen atoms in total.